The molecule has 10 heteroatoms. The smallest absolute Gasteiger partial charge is 0.284 e. The number of aromatic nitrogens is 6. The van der Waals surface area contributed by atoms with E-state index in [0.717, 1.165) is 11.1 Å². The number of aromatic amines is 2. The quantitative estimate of drug-likeness (QED) is 0.523. The Kier molecular flexibility index (Phi) is 4.99. The van der Waals surface area contributed by atoms with Gasteiger partial charge in [0.2, 0.25) is 11.8 Å². The fourth-order valence-electron chi connectivity index (χ4n) is 1.70. The molecule has 120 valence electrons. The molecule has 0 aliphatic rings. The average molecular weight is 358 g/mol. The maximum absolute atomic E-state index is 5.09. The monoisotopic (exact) mass is 358 g/mol. The van der Waals surface area contributed by atoms with Crippen molar-refractivity contribution in [3.8, 4) is 22.9 Å². The molecule has 4 aromatic rings. The Morgan fingerprint density at radius 1 is 0.667 bits per heavy atom. The van der Waals surface area contributed by atoms with Crippen molar-refractivity contribution < 1.29 is 8.83 Å². The van der Waals surface area contributed by atoms with E-state index in [0.29, 0.717) is 11.8 Å². The molecule has 4 aromatic heterocycles. The Balaban J connectivity index is 0.000000141. The van der Waals surface area contributed by atoms with Gasteiger partial charge in [0.15, 0.2) is 0 Å². The van der Waals surface area contributed by atoms with Gasteiger partial charge in [-0.3, -0.25) is 9.97 Å². The van der Waals surface area contributed by atoms with Crippen molar-refractivity contribution in [3.63, 3.8) is 0 Å². The minimum absolute atomic E-state index is 0.279. The minimum atomic E-state index is 0.279. The Labute approximate surface area is 145 Å². The molecule has 4 heterocycles. The zero-order chi connectivity index (χ0) is 16.8. The van der Waals surface area contributed by atoms with Crippen LogP contribution >= 0.6 is 24.4 Å². The fraction of sp³-hybridized carbons (Fsp3) is 0. The maximum atomic E-state index is 5.09. The summed E-state index contributed by atoms with van der Waals surface area (Å²) in [6.45, 7) is 0. The molecule has 0 saturated heterocycles. The van der Waals surface area contributed by atoms with Crippen LogP contribution in [-0.4, -0.2) is 30.4 Å². The van der Waals surface area contributed by atoms with Crippen molar-refractivity contribution in [2.24, 2.45) is 0 Å². The Morgan fingerprint density at radius 2 is 1.04 bits per heavy atom. The summed E-state index contributed by atoms with van der Waals surface area (Å²) in [5.74, 6) is 0.977. The van der Waals surface area contributed by atoms with E-state index in [9.17, 15) is 0 Å². The third kappa shape index (κ3) is 4.06. The number of H-pyrrole nitrogens is 2. The fourth-order valence-corrected chi connectivity index (χ4v) is 1.94. The van der Waals surface area contributed by atoms with Gasteiger partial charge in [0.05, 0.1) is 0 Å². The number of pyridine rings is 2. The van der Waals surface area contributed by atoms with Gasteiger partial charge >= 0.3 is 0 Å². The van der Waals surface area contributed by atoms with E-state index < -0.39 is 0 Å². The van der Waals surface area contributed by atoms with E-state index in [1.54, 1.807) is 49.1 Å². The molecular weight excluding hydrogens is 348 g/mol. The predicted octanol–water partition coefficient (Wildman–Crippen LogP) is 3.59. The average Bonchev–Trinajstić information content (AvgIpc) is 3.26. The Hall–Kier alpha value is -2.98. The van der Waals surface area contributed by atoms with Gasteiger partial charge in [-0.15, -0.1) is 10.2 Å². The van der Waals surface area contributed by atoms with Crippen molar-refractivity contribution in [3.05, 3.63) is 58.7 Å². The largest absolute Gasteiger partial charge is 0.409 e. The summed E-state index contributed by atoms with van der Waals surface area (Å²) in [7, 11) is 0. The third-order valence-electron chi connectivity index (χ3n) is 2.73. The van der Waals surface area contributed by atoms with Gasteiger partial charge in [-0.2, -0.15) is 0 Å². The first-order chi connectivity index (χ1) is 11.7. The van der Waals surface area contributed by atoms with Crippen LogP contribution in [-0.2, 0) is 0 Å². The standard InChI is InChI=1S/2C7H5N3OS/c2*12-7-10-9-6(11-7)5-1-3-8-4-2-5/h2*1-4H,(H,10,12). The van der Waals surface area contributed by atoms with Gasteiger partial charge in [-0.25, -0.2) is 10.2 Å². The molecule has 0 unspecified atom stereocenters. The summed E-state index contributed by atoms with van der Waals surface area (Å²) in [5, 5.41) is 12.8. The van der Waals surface area contributed by atoms with Crippen molar-refractivity contribution >= 4 is 24.4 Å². The van der Waals surface area contributed by atoms with Crippen LogP contribution in [0.3, 0.4) is 0 Å². The lowest BCUT2D eigenvalue weighted by Gasteiger charge is -1.89. The summed E-state index contributed by atoms with van der Waals surface area (Å²) in [6, 6.07) is 7.20. The first-order valence-corrected chi connectivity index (χ1v) is 7.46. The molecule has 0 aliphatic carbocycles. The summed E-state index contributed by atoms with van der Waals surface area (Å²) in [4.78, 5) is 8.30. The minimum Gasteiger partial charge on any atom is -0.409 e. The van der Waals surface area contributed by atoms with E-state index in [-0.39, 0.29) is 9.67 Å². The molecule has 4 rings (SSSR count). The molecule has 0 saturated carbocycles. The van der Waals surface area contributed by atoms with Gasteiger partial charge in [-0.05, 0) is 48.7 Å². The molecule has 8 nitrogen and oxygen atoms in total. The second kappa shape index (κ2) is 7.53. The highest BCUT2D eigenvalue weighted by Gasteiger charge is 2.01. The Morgan fingerprint density at radius 3 is 1.33 bits per heavy atom. The number of nitrogens with one attached hydrogen (secondary N) is 2. The van der Waals surface area contributed by atoms with Crippen molar-refractivity contribution in [1.82, 2.24) is 30.4 Å². The van der Waals surface area contributed by atoms with Crippen molar-refractivity contribution in [2.45, 2.75) is 0 Å². The van der Waals surface area contributed by atoms with Gasteiger partial charge in [0.1, 0.15) is 0 Å². The molecular formula is C14H10N6O2S2. The molecule has 0 amide bonds. The highest BCUT2D eigenvalue weighted by molar-refractivity contribution is 7.71. The normalized spacial score (nSPS) is 10.0. The van der Waals surface area contributed by atoms with Crippen LogP contribution in [0.25, 0.3) is 22.9 Å². The second-order valence-corrected chi connectivity index (χ2v) is 5.05. The lowest BCUT2D eigenvalue weighted by atomic mass is 10.3. The molecule has 2 N–H and O–H groups in total. The molecule has 0 aliphatic heterocycles. The van der Waals surface area contributed by atoms with Crippen LogP contribution in [0.2, 0.25) is 0 Å². The van der Waals surface area contributed by atoms with E-state index in [1.165, 1.54) is 0 Å². The first kappa shape index (κ1) is 15.9. The highest BCUT2D eigenvalue weighted by Crippen LogP contribution is 2.14. The second-order valence-electron chi connectivity index (χ2n) is 4.31. The van der Waals surface area contributed by atoms with Crippen molar-refractivity contribution in [2.75, 3.05) is 0 Å². The SMILES string of the molecule is S=c1[nH]nc(-c2ccncc2)o1.S=c1[nH]nc(-c2ccncc2)o1. The van der Waals surface area contributed by atoms with Gasteiger partial charge in [-0.1, -0.05) is 0 Å². The summed E-state index contributed by atoms with van der Waals surface area (Å²) >= 11 is 9.47. The highest BCUT2D eigenvalue weighted by atomic mass is 32.1. The number of nitrogens with zero attached hydrogens (tertiary/aromatic N) is 4. The van der Waals surface area contributed by atoms with Crippen molar-refractivity contribution in [1.29, 1.82) is 0 Å². The van der Waals surface area contributed by atoms with Gasteiger partial charge in [0.25, 0.3) is 9.67 Å². The number of hydrogen-bond donors (Lipinski definition) is 2. The van der Waals surface area contributed by atoms with Crippen LogP contribution in [0.15, 0.2) is 57.9 Å². The first-order valence-electron chi connectivity index (χ1n) is 6.64. The molecule has 0 fully saturated rings. The van der Waals surface area contributed by atoms with Gasteiger partial charge in [0, 0.05) is 35.9 Å². The molecule has 24 heavy (non-hydrogen) atoms. The topological polar surface area (TPSA) is 109 Å². The predicted molar refractivity (Wildman–Crippen MR) is 89.8 cm³/mol. The summed E-state index contributed by atoms with van der Waals surface area (Å²) < 4.78 is 10.2. The molecule has 0 bridgehead atoms. The molecule has 0 aromatic carbocycles. The lowest BCUT2D eigenvalue weighted by Crippen LogP contribution is -1.77. The Bertz CT molecular complexity index is 923. The van der Waals surface area contributed by atoms with E-state index in [2.05, 4.69) is 30.4 Å². The zero-order valence-corrected chi connectivity index (χ0v) is 13.7. The van der Waals surface area contributed by atoms with Gasteiger partial charge < -0.3 is 8.83 Å². The van der Waals surface area contributed by atoms with Crippen LogP contribution in [0.1, 0.15) is 0 Å². The molecule has 0 radical (unpaired) electrons. The summed E-state index contributed by atoms with van der Waals surface area (Å²) in [6.07, 6.45) is 6.68. The lowest BCUT2D eigenvalue weighted by molar-refractivity contribution is 0.551. The van der Waals surface area contributed by atoms with Crippen LogP contribution in [0, 0.1) is 9.67 Å². The maximum Gasteiger partial charge on any atom is 0.284 e. The molecule has 0 atom stereocenters. The summed E-state index contributed by atoms with van der Waals surface area (Å²) in [5.41, 5.74) is 1.72. The zero-order valence-electron chi connectivity index (χ0n) is 12.0. The van der Waals surface area contributed by atoms with E-state index >= 15 is 0 Å². The van der Waals surface area contributed by atoms with E-state index in [1.807, 2.05) is 0 Å². The van der Waals surface area contributed by atoms with Crippen LogP contribution < -0.4 is 0 Å². The molecule has 0 spiro atoms. The van der Waals surface area contributed by atoms with Crippen LogP contribution in [0.5, 0.6) is 0 Å². The number of rotatable bonds is 2. The third-order valence-corrected chi connectivity index (χ3v) is 3.08. The van der Waals surface area contributed by atoms with E-state index in [4.69, 9.17) is 33.3 Å². The van der Waals surface area contributed by atoms with Crippen LogP contribution in [0.4, 0.5) is 0 Å². The number of hydrogen-bond acceptors (Lipinski definition) is 8.